The molecule has 0 bridgehead atoms. The molecular weight excluding hydrogens is 216 g/mol. The SMILES string of the molecule is Cc1ccc(NC(=O)C[NH+]2CCOCC2)cc1. The van der Waals surface area contributed by atoms with Crippen LogP contribution in [0.3, 0.4) is 0 Å². The number of benzene rings is 1. The van der Waals surface area contributed by atoms with Gasteiger partial charge in [-0.2, -0.15) is 0 Å². The third-order valence-corrected chi connectivity index (χ3v) is 2.95. The van der Waals surface area contributed by atoms with Crippen LogP contribution in [0.25, 0.3) is 0 Å². The lowest BCUT2D eigenvalue weighted by atomic mass is 10.2. The van der Waals surface area contributed by atoms with Crippen LogP contribution in [0.1, 0.15) is 5.56 Å². The van der Waals surface area contributed by atoms with E-state index in [1.807, 2.05) is 31.2 Å². The number of hydrogen-bond acceptors (Lipinski definition) is 2. The van der Waals surface area contributed by atoms with Gasteiger partial charge in [-0.05, 0) is 19.1 Å². The van der Waals surface area contributed by atoms with Crippen molar-refractivity contribution in [2.45, 2.75) is 6.92 Å². The summed E-state index contributed by atoms with van der Waals surface area (Å²) in [5.74, 6) is 0.0748. The Kier molecular flexibility index (Phi) is 4.12. The molecule has 92 valence electrons. The highest BCUT2D eigenvalue weighted by Gasteiger charge is 2.17. The maximum absolute atomic E-state index is 11.8. The Hall–Kier alpha value is -1.39. The summed E-state index contributed by atoms with van der Waals surface area (Å²) in [5, 5.41) is 2.92. The van der Waals surface area contributed by atoms with Gasteiger partial charge in [0.05, 0.1) is 13.2 Å². The fourth-order valence-corrected chi connectivity index (χ4v) is 1.91. The molecule has 0 unspecified atom stereocenters. The van der Waals surface area contributed by atoms with E-state index in [1.54, 1.807) is 0 Å². The number of ether oxygens (including phenoxy) is 1. The number of carbonyl (C=O) groups excluding carboxylic acids is 1. The molecule has 0 radical (unpaired) electrons. The molecule has 0 aliphatic carbocycles. The molecule has 17 heavy (non-hydrogen) atoms. The van der Waals surface area contributed by atoms with Crippen LogP contribution in [0.2, 0.25) is 0 Å². The molecule has 0 saturated carbocycles. The quantitative estimate of drug-likeness (QED) is 0.765. The van der Waals surface area contributed by atoms with Gasteiger partial charge in [-0.15, -0.1) is 0 Å². The molecule has 2 N–H and O–H groups in total. The number of quaternary nitrogens is 1. The predicted molar refractivity (Wildman–Crippen MR) is 66.2 cm³/mol. The topological polar surface area (TPSA) is 42.8 Å². The van der Waals surface area contributed by atoms with Crippen LogP contribution in [0.5, 0.6) is 0 Å². The molecule has 1 aromatic rings. The Bertz CT molecular complexity index is 370. The van der Waals surface area contributed by atoms with Crippen LogP contribution >= 0.6 is 0 Å². The number of rotatable bonds is 3. The fourth-order valence-electron chi connectivity index (χ4n) is 1.91. The monoisotopic (exact) mass is 235 g/mol. The summed E-state index contributed by atoms with van der Waals surface area (Å²) < 4.78 is 5.26. The smallest absolute Gasteiger partial charge is 0.279 e. The van der Waals surface area contributed by atoms with E-state index >= 15 is 0 Å². The minimum absolute atomic E-state index is 0.0748. The number of aryl methyl sites for hydroxylation is 1. The Morgan fingerprint density at radius 1 is 1.29 bits per heavy atom. The number of morpholine rings is 1. The fraction of sp³-hybridized carbons (Fsp3) is 0.462. The minimum Gasteiger partial charge on any atom is -0.370 e. The molecule has 0 aromatic heterocycles. The summed E-state index contributed by atoms with van der Waals surface area (Å²) in [6, 6.07) is 7.86. The lowest BCUT2D eigenvalue weighted by molar-refractivity contribution is -0.899. The summed E-state index contributed by atoms with van der Waals surface area (Å²) in [6.45, 7) is 5.91. The predicted octanol–water partition coefficient (Wildman–Crippen LogP) is -0.151. The highest BCUT2D eigenvalue weighted by atomic mass is 16.5. The first-order valence-electron chi connectivity index (χ1n) is 6.02. The second kappa shape index (κ2) is 5.80. The number of hydrogen-bond donors (Lipinski definition) is 2. The third kappa shape index (κ3) is 3.84. The van der Waals surface area contributed by atoms with Crippen LogP contribution in [-0.4, -0.2) is 38.8 Å². The van der Waals surface area contributed by atoms with Crippen LogP contribution in [0.15, 0.2) is 24.3 Å². The van der Waals surface area contributed by atoms with Gasteiger partial charge >= 0.3 is 0 Å². The molecule has 1 aromatic carbocycles. The molecule has 1 fully saturated rings. The summed E-state index contributed by atoms with van der Waals surface area (Å²) >= 11 is 0. The zero-order valence-electron chi connectivity index (χ0n) is 10.2. The van der Waals surface area contributed by atoms with Crippen LogP contribution in [0, 0.1) is 6.92 Å². The number of nitrogens with one attached hydrogen (secondary N) is 2. The van der Waals surface area contributed by atoms with E-state index in [1.165, 1.54) is 10.5 Å². The van der Waals surface area contributed by atoms with Crippen LogP contribution < -0.4 is 10.2 Å². The molecule has 1 aliphatic rings. The molecule has 1 saturated heterocycles. The summed E-state index contributed by atoms with van der Waals surface area (Å²) in [4.78, 5) is 13.1. The number of amides is 1. The molecule has 4 heteroatoms. The van der Waals surface area contributed by atoms with E-state index in [2.05, 4.69) is 5.32 Å². The van der Waals surface area contributed by atoms with Crippen molar-refractivity contribution in [2.24, 2.45) is 0 Å². The standard InChI is InChI=1S/C13H18N2O2/c1-11-2-4-12(5-3-11)14-13(16)10-15-6-8-17-9-7-15/h2-5H,6-10H2,1H3,(H,14,16)/p+1. The Balaban J connectivity index is 1.82. The van der Waals surface area contributed by atoms with Crippen molar-refractivity contribution in [2.75, 3.05) is 38.2 Å². The van der Waals surface area contributed by atoms with Crippen molar-refractivity contribution in [1.82, 2.24) is 0 Å². The largest absolute Gasteiger partial charge is 0.370 e. The molecule has 4 nitrogen and oxygen atoms in total. The Morgan fingerprint density at radius 3 is 2.59 bits per heavy atom. The summed E-state index contributed by atoms with van der Waals surface area (Å²) in [7, 11) is 0. The van der Waals surface area contributed by atoms with Gasteiger partial charge < -0.3 is 15.0 Å². The van der Waals surface area contributed by atoms with Gasteiger partial charge in [-0.25, -0.2) is 0 Å². The molecule has 1 aliphatic heterocycles. The lowest BCUT2D eigenvalue weighted by Gasteiger charge is -2.23. The molecule has 0 spiro atoms. The van der Waals surface area contributed by atoms with Gasteiger partial charge in [0.15, 0.2) is 6.54 Å². The maximum atomic E-state index is 11.8. The first-order chi connectivity index (χ1) is 8.24. The van der Waals surface area contributed by atoms with Crippen molar-refractivity contribution in [3.63, 3.8) is 0 Å². The molecule has 1 heterocycles. The average Bonchev–Trinajstić information content (AvgIpc) is 2.33. The van der Waals surface area contributed by atoms with Crippen molar-refractivity contribution in [3.05, 3.63) is 29.8 Å². The van der Waals surface area contributed by atoms with Crippen molar-refractivity contribution >= 4 is 11.6 Å². The maximum Gasteiger partial charge on any atom is 0.279 e. The zero-order valence-corrected chi connectivity index (χ0v) is 10.2. The number of anilines is 1. The van der Waals surface area contributed by atoms with E-state index in [9.17, 15) is 4.79 Å². The Labute approximate surface area is 102 Å². The van der Waals surface area contributed by atoms with Crippen molar-refractivity contribution in [1.29, 1.82) is 0 Å². The molecule has 0 atom stereocenters. The molecule has 1 amide bonds. The average molecular weight is 235 g/mol. The van der Waals surface area contributed by atoms with Gasteiger partial charge in [-0.3, -0.25) is 4.79 Å². The highest BCUT2D eigenvalue weighted by Crippen LogP contribution is 2.07. The highest BCUT2D eigenvalue weighted by molar-refractivity contribution is 5.91. The Morgan fingerprint density at radius 2 is 1.94 bits per heavy atom. The summed E-state index contributed by atoms with van der Waals surface area (Å²) in [6.07, 6.45) is 0. The molecule has 2 rings (SSSR count). The van der Waals surface area contributed by atoms with E-state index < -0.39 is 0 Å². The molecular formula is C13H19N2O2+. The van der Waals surface area contributed by atoms with Crippen LogP contribution in [0.4, 0.5) is 5.69 Å². The number of carbonyl (C=O) groups is 1. The van der Waals surface area contributed by atoms with Gasteiger partial charge in [0.2, 0.25) is 0 Å². The first-order valence-corrected chi connectivity index (χ1v) is 6.02. The van der Waals surface area contributed by atoms with Gasteiger partial charge in [0.25, 0.3) is 5.91 Å². The van der Waals surface area contributed by atoms with Crippen molar-refractivity contribution < 1.29 is 14.4 Å². The lowest BCUT2D eigenvalue weighted by Crippen LogP contribution is -3.15. The van der Waals surface area contributed by atoms with Crippen molar-refractivity contribution in [3.8, 4) is 0 Å². The third-order valence-electron chi connectivity index (χ3n) is 2.95. The normalized spacial score (nSPS) is 16.8. The van der Waals surface area contributed by atoms with Gasteiger partial charge in [0.1, 0.15) is 13.1 Å². The minimum atomic E-state index is 0.0748. The zero-order chi connectivity index (χ0) is 12.1. The van der Waals surface area contributed by atoms with E-state index in [-0.39, 0.29) is 5.91 Å². The van der Waals surface area contributed by atoms with Crippen LogP contribution in [-0.2, 0) is 9.53 Å². The van der Waals surface area contributed by atoms with Gasteiger partial charge in [-0.1, -0.05) is 17.7 Å². The summed E-state index contributed by atoms with van der Waals surface area (Å²) in [5.41, 5.74) is 2.06. The first kappa shape index (κ1) is 12.1. The van der Waals surface area contributed by atoms with Gasteiger partial charge in [0, 0.05) is 5.69 Å². The van der Waals surface area contributed by atoms with E-state index in [4.69, 9.17) is 4.74 Å². The second-order valence-corrected chi connectivity index (χ2v) is 4.45. The van der Waals surface area contributed by atoms with E-state index in [0.29, 0.717) is 6.54 Å². The van der Waals surface area contributed by atoms with E-state index in [0.717, 1.165) is 32.0 Å². The second-order valence-electron chi connectivity index (χ2n) is 4.45.